The number of carbonyl (C=O) groups excluding carboxylic acids is 1. The van der Waals surface area contributed by atoms with Gasteiger partial charge in [-0.05, 0) is 44.4 Å². The Hall–Kier alpha value is -1.10. The maximum Gasteiger partial charge on any atom is 0.251 e. The number of piperidine rings is 1. The first-order valence-corrected chi connectivity index (χ1v) is 8.82. The van der Waals surface area contributed by atoms with Crippen molar-refractivity contribution < 1.29 is 9.53 Å². The van der Waals surface area contributed by atoms with Gasteiger partial charge in [-0.2, -0.15) is 0 Å². The van der Waals surface area contributed by atoms with Crippen molar-refractivity contribution in [2.75, 3.05) is 26.2 Å². The Morgan fingerprint density at radius 3 is 2.52 bits per heavy atom. The monoisotopic (exact) mass is 336 g/mol. The number of amides is 1. The number of likely N-dealkylation sites (N-methyl/N-ethyl adjacent to an activating group) is 1. The predicted molar refractivity (Wildman–Crippen MR) is 91.5 cm³/mol. The number of hydrogen-bond donors (Lipinski definition) is 0. The molecule has 1 unspecified atom stereocenters. The van der Waals surface area contributed by atoms with E-state index in [0.717, 1.165) is 50.6 Å². The fraction of sp³-hybridized carbons (Fsp3) is 0.611. The number of carbonyl (C=O) groups is 1. The topological polar surface area (TPSA) is 32.8 Å². The van der Waals surface area contributed by atoms with E-state index in [1.165, 1.54) is 5.56 Å². The standard InChI is InChI=1S/C18H25ClN2O2/c1-3-21-13-18(23-14(2)17(21)22)8-10-20(11-9-18)12-15-4-6-16(19)7-5-15/h4-7,14H,3,8-13H2,1-2H3. The van der Waals surface area contributed by atoms with Gasteiger partial charge in [-0.1, -0.05) is 23.7 Å². The lowest BCUT2D eigenvalue weighted by Crippen LogP contribution is -2.61. The molecule has 1 aromatic carbocycles. The van der Waals surface area contributed by atoms with Gasteiger partial charge >= 0.3 is 0 Å². The molecule has 0 radical (unpaired) electrons. The number of morpholine rings is 1. The minimum atomic E-state index is -0.313. The molecule has 2 saturated heterocycles. The predicted octanol–water partition coefficient (Wildman–Crippen LogP) is 2.94. The van der Waals surface area contributed by atoms with Crippen LogP contribution < -0.4 is 0 Å². The summed E-state index contributed by atoms with van der Waals surface area (Å²) in [7, 11) is 0. The third-order valence-corrected chi connectivity index (χ3v) is 5.29. The van der Waals surface area contributed by atoms with E-state index in [0.29, 0.717) is 0 Å². The van der Waals surface area contributed by atoms with E-state index in [1.807, 2.05) is 30.9 Å². The van der Waals surface area contributed by atoms with Crippen LogP contribution in [0.5, 0.6) is 0 Å². The first-order valence-electron chi connectivity index (χ1n) is 8.45. The molecule has 5 heteroatoms. The first-order chi connectivity index (χ1) is 11.0. The SMILES string of the molecule is CCN1CC2(CCN(Cc3ccc(Cl)cc3)CC2)OC(C)C1=O. The zero-order valence-electron chi connectivity index (χ0n) is 13.9. The molecule has 2 aliphatic heterocycles. The van der Waals surface area contributed by atoms with Crippen molar-refractivity contribution in [2.45, 2.75) is 44.9 Å². The highest BCUT2D eigenvalue weighted by molar-refractivity contribution is 6.30. The quantitative estimate of drug-likeness (QED) is 0.850. The van der Waals surface area contributed by atoms with Crippen LogP contribution in [0, 0.1) is 0 Å². The van der Waals surface area contributed by atoms with Crippen LogP contribution in [0.25, 0.3) is 0 Å². The number of halogens is 1. The lowest BCUT2D eigenvalue weighted by Gasteiger charge is -2.49. The van der Waals surface area contributed by atoms with E-state index in [9.17, 15) is 4.79 Å². The highest BCUT2D eigenvalue weighted by atomic mass is 35.5. The van der Waals surface area contributed by atoms with Crippen LogP contribution in [0.15, 0.2) is 24.3 Å². The molecule has 126 valence electrons. The fourth-order valence-corrected chi connectivity index (χ4v) is 3.78. The lowest BCUT2D eigenvalue weighted by molar-refractivity contribution is -0.189. The summed E-state index contributed by atoms with van der Waals surface area (Å²) in [6.45, 7) is 8.37. The summed E-state index contributed by atoms with van der Waals surface area (Å²) in [4.78, 5) is 16.5. The zero-order chi connectivity index (χ0) is 16.4. The van der Waals surface area contributed by atoms with Gasteiger partial charge in [0.2, 0.25) is 0 Å². The number of ether oxygens (including phenoxy) is 1. The average Bonchev–Trinajstić information content (AvgIpc) is 2.55. The summed E-state index contributed by atoms with van der Waals surface area (Å²) in [6.07, 6.45) is 1.65. The second-order valence-corrected chi connectivity index (χ2v) is 7.13. The molecular weight excluding hydrogens is 312 g/mol. The van der Waals surface area contributed by atoms with Gasteiger partial charge in [-0.25, -0.2) is 0 Å². The minimum Gasteiger partial charge on any atom is -0.360 e. The molecule has 0 aliphatic carbocycles. The summed E-state index contributed by atoms with van der Waals surface area (Å²) >= 11 is 5.94. The van der Waals surface area contributed by atoms with Crippen LogP contribution in [-0.2, 0) is 16.1 Å². The number of benzene rings is 1. The molecule has 4 nitrogen and oxygen atoms in total. The van der Waals surface area contributed by atoms with Gasteiger partial charge < -0.3 is 9.64 Å². The number of hydrogen-bond acceptors (Lipinski definition) is 3. The van der Waals surface area contributed by atoms with Crippen LogP contribution >= 0.6 is 11.6 Å². The Balaban J connectivity index is 1.59. The fourth-order valence-electron chi connectivity index (χ4n) is 3.66. The van der Waals surface area contributed by atoms with Crippen LogP contribution in [0.4, 0.5) is 0 Å². The molecule has 3 rings (SSSR count). The van der Waals surface area contributed by atoms with Crippen molar-refractivity contribution in [2.24, 2.45) is 0 Å². The molecular formula is C18H25ClN2O2. The van der Waals surface area contributed by atoms with E-state index in [4.69, 9.17) is 16.3 Å². The summed E-state index contributed by atoms with van der Waals surface area (Å²) in [5, 5.41) is 0.778. The minimum absolute atomic E-state index is 0.127. The van der Waals surface area contributed by atoms with Gasteiger partial charge in [0.05, 0.1) is 5.60 Å². The molecule has 1 atom stereocenters. The number of nitrogens with zero attached hydrogens (tertiary/aromatic N) is 2. The zero-order valence-corrected chi connectivity index (χ0v) is 14.7. The molecule has 23 heavy (non-hydrogen) atoms. The molecule has 0 N–H and O–H groups in total. The second kappa shape index (κ2) is 6.80. The van der Waals surface area contributed by atoms with Gasteiger partial charge in [0.15, 0.2) is 0 Å². The van der Waals surface area contributed by atoms with Crippen LogP contribution in [0.3, 0.4) is 0 Å². The van der Waals surface area contributed by atoms with E-state index < -0.39 is 0 Å². The lowest BCUT2D eigenvalue weighted by atomic mass is 9.88. The molecule has 0 saturated carbocycles. The van der Waals surface area contributed by atoms with Crippen molar-refractivity contribution in [3.63, 3.8) is 0 Å². The maximum absolute atomic E-state index is 12.1. The smallest absolute Gasteiger partial charge is 0.251 e. The third kappa shape index (κ3) is 3.70. The largest absolute Gasteiger partial charge is 0.360 e. The van der Waals surface area contributed by atoms with Gasteiger partial charge in [-0.15, -0.1) is 0 Å². The Kier molecular flexibility index (Phi) is 4.95. The van der Waals surface area contributed by atoms with Gasteiger partial charge in [0.1, 0.15) is 6.10 Å². The Morgan fingerprint density at radius 1 is 1.26 bits per heavy atom. The summed E-state index contributed by atoms with van der Waals surface area (Å²) in [5.41, 5.74) is 1.13. The second-order valence-electron chi connectivity index (χ2n) is 6.70. The maximum atomic E-state index is 12.1. The summed E-state index contributed by atoms with van der Waals surface area (Å²) in [6, 6.07) is 8.06. The van der Waals surface area contributed by atoms with Crippen LogP contribution in [0.2, 0.25) is 5.02 Å². The van der Waals surface area contributed by atoms with Crippen molar-refractivity contribution in [1.29, 1.82) is 0 Å². The molecule has 2 aliphatic rings. The van der Waals surface area contributed by atoms with Gasteiger partial charge in [-0.3, -0.25) is 9.69 Å². The van der Waals surface area contributed by atoms with Crippen LogP contribution in [0.1, 0.15) is 32.3 Å². The average molecular weight is 337 g/mol. The highest BCUT2D eigenvalue weighted by Gasteiger charge is 2.44. The highest BCUT2D eigenvalue weighted by Crippen LogP contribution is 2.33. The van der Waals surface area contributed by atoms with Gasteiger partial charge in [0, 0.05) is 37.7 Å². The normalized spacial score (nSPS) is 25.1. The van der Waals surface area contributed by atoms with E-state index >= 15 is 0 Å². The van der Waals surface area contributed by atoms with Crippen LogP contribution in [-0.4, -0.2) is 53.6 Å². The van der Waals surface area contributed by atoms with Gasteiger partial charge in [0.25, 0.3) is 5.91 Å². The third-order valence-electron chi connectivity index (χ3n) is 5.03. The molecule has 1 aromatic rings. The summed E-state index contributed by atoms with van der Waals surface area (Å²) in [5.74, 6) is 0.127. The van der Waals surface area contributed by atoms with E-state index in [1.54, 1.807) is 0 Å². The molecule has 2 heterocycles. The van der Waals surface area contributed by atoms with E-state index in [2.05, 4.69) is 17.0 Å². The summed E-state index contributed by atoms with van der Waals surface area (Å²) < 4.78 is 6.14. The molecule has 1 spiro atoms. The molecule has 2 fully saturated rings. The Bertz CT molecular complexity index is 553. The Labute approximate surface area is 143 Å². The van der Waals surface area contributed by atoms with Crippen molar-refractivity contribution in [1.82, 2.24) is 9.80 Å². The number of likely N-dealkylation sites (tertiary alicyclic amines) is 1. The first kappa shape index (κ1) is 16.7. The molecule has 0 bridgehead atoms. The van der Waals surface area contributed by atoms with Crippen molar-refractivity contribution in [3.05, 3.63) is 34.9 Å². The molecule has 0 aromatic heterocycles. The van der Waals surface area contributed by atoms with Crippen molar-refractivity contribution >= 4 is 17.5 Å². The van der Waals surface area contributed by atoms with E-state index in [-0.39, 0.29) is 17.6 Å². The van der Waals surface area contributed by atoms with Crippen molar-refractivity contribution in [3.8, 4) is 0 Å². The Morgan fingerprint density at radius 2 is 1.91 bits per heavy atom. The molecule has 1 amide bonds. The number of rotatable bonds is 3.